The summed E-state index contributed by atoms with van der Waals surface area (Å²) in [4.78, 5) is 0. The molecule has 0 aromatic carbocycles. The Bertz CT molecular complexity index is 62.7. The minimum atomic E-state index is -0.636. The Labute approximate surface area is 63.5 Å². The van der Waals surface area contributed by atoms with E-state index in [-0.39, 0.29) is 0 Å². The third kappa shape index (κ3) is 6.98. The van der Waals surface area contributed by atoms with E-state index in [1.165, 1.54) is 0 Å². The van der Waals surface area contributed by atoms with Crippen LogP contribution >= 0.6 is 32.9 Å². The lowest BCUT2D eigenvalue weighted by Gasteiger charge is -1.80. The third-order valence-electron chi connectivity index (χ3n) is 0.480. The van der Waals surface area contributed by atoms with Crippen molar-refractivity contribution in [2.75, 3.05) is 0 Å². The molecular formula is C4H7ClISi. The van der Waals surface area contributed by atoms with Gasteiger partial charge in [0.25, 0.3) is 5.60 Å². The lowest BCUT2D eigenvalue weighted by molar-refractivity contribution is 1.23. The molecule has 0 aliphatic carbocycles. The molecule has 0 rings (SSSR count). The van der Waals surface area contributed by atoms with Crippen molar-refractivity contribution in [3.63, 3.8) is 0 Å². The molecule has 7 heavy (non-hydrogen) atoms. The minimum absolute atomic E-state index is 0.636. The van der Waals surface area contributed by atoms with Gasteiger partial charge in [0.05, 0.1) is 0 Å². The Kier molecular flexibility index (Phi) is 5.83. The van der Waals surface area contributed by atoms with E-state index in [2.05, 4.69) is 40.5 Å². The number of hydrogen-bond acceptors (Lipinski definition) is 0. The second kappa shape index (κ2) is 5.12. The Hall–Kier alpha value is 0.977. The van der Waals surface area contributed by atoms with Crippen molar-refractivity contribution >= 4 is 38.5 Å². The Morgan fingerprint density at radius 2 is 2.43 bits per heavy atom. The molecule has 0 aromatic heterocycles. The standard InChI is InChI=1S/C4H7ClISi/c1-2-3-4-7(5)6/h3-4H,2H2,1H3. The Morgan fingerprint density at radius 3 is 2.57 bits per heavy atom. The summed E-state index contributed by atoms with van der Waals surface area (Å²) in [6, 6.07) is 0. The van der Waals surface area contributed by atoms with Crippen LogP contribution in [-0.2, 0) is 0 Å². The van der Waals surface area contributed by atoms with Crippen LogP contribution in [-0.4, -0.2) is 5.60 Å². The van der Waals surface area contributed by atoms with Gasteiger partial charge in [0, 0.05) is 0 Å². The fraction of sp³-hybridized carbons (Fsp3) is 0.500. The van der Waals surface area contributed by atoms with Gasteiger partial charge in [0.2, 0.25) is 0 Å². The van der Waals surface area contributed by atoms with E-state index in [0.717, 1.165) is 6.42 Å². The zero-order chi connectivity index (χ0) is 5.70. The van der Waals surface area contributed by atoms with E-state index in [9.17, 15) is 0 Å². The Balaban J connectivity index is 3.08. The molecule has 0 heterocycles. The van der Waals surface area contributed by atoms with Gasteiger partial charge in [0.1, 0.15) is 0 Å². The molecule has 0 atom stereocenters. The van der Waals surface area contributed by atoms with E-state index < -0.39 is 5.60 Å². The summed E-state index contributed by atoms with van der Waals surface area (Å²) >= 11 is 7.90. The summed E-state index contributed by atoms with van der Waals surface area (Å²) < 4.78 is 0. The smallest absolute Gasteiger partial charge is 0.149 e. The summed E-state index contributed by atoms with van der Waals surface area (Å²) in [6.07, 6.45) is 3.21. The highest BCUT2D eigenvalue weighted by atomic mass is 127. The van der Waals surface area contributed by atoms with Gasteiger partial charge in [0.15, 0.2) is 0 Å². The zero-order valence-electron chi connectivity index (χ0n) is 4.12. The van der Waals surface area contributed by atoms with Gasteiger partial charge < -0.3 is 0 Å². The van der Waals surface area contributed by atoms with Crippen LogP contribution in [0.25, 0.3) is 0 Å². The van der Waals surface area contributed by atoms with Crippen molar-refractivity contribution in [1.29, 1.82) is 0 Å². The molecular weight excluding hydrogens is 238 g/mol. The van der Waals surface area contributed by atoms with Crippen LogP contribution in [0.4, 0.5) is 0 Å². The van der Waals surface area contributed by atoms with Crippen molar-refractivity contribution in [2.24, 2.45) is 0 Å². The van der Waals surface area contributed by atoms with Crippen LogP contribution in [0.2, 0.25) is 0 Å². The second-order valence-electron chi connectivity index (χ2n) is 1.10. The van der Waals surface area contributed by atoms with Crippen molar-refractivity contribution < 1.29 is 0 Å². The summed E-state index contributed by atoms with van der Waals surface area (Å²) in [5, 5.41) is 0. The second-order valence-corrected chi connectivity index (χ2v) is 8.63. The summed E-state index contributed by atoms with van der Waals surface area (Å²) in [6.45, 7) is 2.11. The van der Waals surface area contributed by atoms with Crippen LogP contribution in [0, 0.1) is 0 Å². The highest BCUT2D eigenvalue weighted by molar-refractivity contribution is 14.1. The first-order valence-electron chi connectivity index (χ1n) is 2.12. The topological polar surface area (TPSA) is 0 Å². The predicted molar refractivity (Wildman–Crippen MR) is 45.1 cm³/mol. The van der Waals surface area contributed by atoms with Gasteiger partial charge in [-0.15, -0.1) is 11.1 Å². The quantitative estimate of drug-likeness (QED) is 0.399. The summed E-state index contributed by atoms with van der Waals surface area (Å²) in [5.41, 5.74) is 1.44. The average Bonchev–Trinajstić information content (AvgIpc) is 1.61. The van der Waals surface area contributed by atoms with Crippen molar-refractivity contribution in [2.45, 2.75) is 13.3 Å². The van der Waals surface area contributed by atoms with E-state index in [0.29, 0.717) is 0 Å². The first-order valence-corrected chi connectivity index (χ1v) is 7.82. The highest BCUT2D eigenvalue weighted by Crippen LogP contribution is 2.00. The van der Waals surface area contributed by atoms with Crippen LogP contribution in [0.15, 0.2) is 11.8 Å². The molecule has 0 aliphatic heterocycles. The van der Waals surface area contributed by atoms with E-state index >= 15 is 0 Å². The molecule has 0 aliphatic rings. The van der Waals surface area contributed by atoms with Crippen molar-refractivity contribution in [3.05, 3.63) is 11.8 Å². The fourth-order valence-electron chi connectivity index (χ4n) is 0.207. The number of allylic oxidation sites excluding steroid dienone is 1. The molecule has 0 amide bonds. The van der Waals surface area contributed by atoms with Crippen LogP contribution in [0.1, 0.15) is 13.3 Å². The van der Waals surface area contributed by atoms with Crippen LogP contribution in [0.3, 0.4) is 0 Å². The van der Waals surface area contributed by atoms with Gasteiger partial charge in [-0.05, 0) is 6.42 Å². The lowest BCUT2D eigenvalue weighted by atomic mass is 10.5. The van der Waals surface area contributed by atoms with Gasteiger partial charge in [-0.2, -0.15) is 0 Å². The minimum Gasteiger partial charge on any atom is -0.149 e. The van der Waals surface area contributed by atoms with E-state index in [1.807, 2.05) is 0 Å². The molecule has 0 saturated carbocycles. The molecule has 0 unspecified atom stereocenters. The van der Waals surface area contributed by atoms with E-state index in [1.54, 1.807) is 0 Å². The number of hydrogen-bond donors (Lipinski definition) is 0. The first kappa shape index (κ1) is 7.98. The van der Waals surface area contributed by atoms with Crippen LogP contribution < -0.4 is 0 Å². The largest absolute Gasteiger partial charge is 0.265 e. The first-order chi connectivity index (χ1) is 3.27. The fourth-order valence-corrected chi connectivity index (χ4v) is 1.65. The normalized spacial score (nSPS) is 11.4. The number of halogens is 2. The highest BCUT2D eigenvalue weighted by Gasteiger charge is 1.90. The van der Waals surface area contributed by atoms with Gasteiger partial charge >= 0.3 is 0 Å². The van der Waals surface area contributed by atoms with Gasteiger partial charge in [-0.1, -0.05) is 40.5 Å². The van der Waals surface area contributed by atoms with Crippen LogP contribution in [0.5, 0.6) is 0 Å². The molecule has 1 radical (unpaired) electrons. The maximum Gasteiger partial charge on any atom is 0.265 e. The van der Waals surface area contributed by atoms with E-state index in [4.69, 9.17) is 11.1 Å². The van der Waals surface area contributed by atoms with Crippen molar-refractivity contribution in [1.82, 2.24) is 0 Å². The summed E-state index contributed by atoms with van der Waals surface area (Å²) in [5.74, 6) is 0. The Morgan fingerprint density at radius 1 is 1.86 bits per heavy atom. The molecule has 0 aromatic rings. The molecule has 3 heteroatoms. The summed E-state index contributed by atoms with van der Waals surface area (Å²) in [7, 11) is 0. The zero-order valence-corrected chi connectivity index (χ0v) is 8.03. The predicted octanol–water partition coefficient (Wildman–Crippen LogP) is 2.65. The molecule has 0 nitrogen and oxygen atoms in total. The molecule has 0 bridgehead atoms. The maximum atomic E-state index is 5.66. The SMILES string of the molecule is CCC=C[Si](Cl)I. The van der Waals surface area contributed by atoms with Crippen molar-refractivity contribution in [3.8, 4) is 0 Å². The maximum absolute atomic E-state index is 5.66. The molecule has 0 saturated heterocycles. The molecule has 41 valence electrons. The van der Waals surface area contributed by atoms with Gasteiger partial charge in [-0.25, -0.2) is 0 Å². The molecule has 0 fully saturated rings. The average molecular weight is 246 g/mol. The monoisotopic (exact) mass is 245 g/mol. The van der Waals surface area contributed by atoms with Gasteiger partial charge in [-0.3, -0.25) is 0 Å². The molecule has 0 N–H and O–H groups in total. The number of rotatable bonds is 2. The lowest BCUT2D eigenvalue weighted by Crippen LogP contribution is -1.80. The molecule has 0 spiro atoms. The third-order valence-corrected chi connectivity index (χ3v) is 2.42.